The minimum absolute atomic E-state index is 0.458. The maximum absolute atomic E-state index is 12.0. The Hall–Kier alpha value is -0.590. The molecule has 0 spiro atoms. The summed E-state index contributed by atoms with van der Waals surface area (Å²) in [6, 6.07) is 0. The molecule has 4 saturated carbocycles. The number of fused-ring (bicyclic) bond motifs is 5. The fourth-order valence-corrected chi connectivity index (χ4v) is 7.85. The standard InChI is InChI=1S/C22H34O/c1-14(2)18-7-8-19-17-6-5-15-13-16(23)9-11-21(15,3)20(17)10-12-22(18,19)4/h15,17-20H,1,5-13H2,2-4H3/t15-,17?,18+,19?,20?,21?,22+/m0/s1. The lowest BCUT2D eigenvalue weighted by Crippen LogP contribution is -2.53. The van der Waals surface area contributed by atoms with Crippen molar-refractivity contribution in [2.24, 2.45) is 40.4 Å². The topological polar surface area (TPSA) is 17.1 Å². The van der Waals surface area contributed by atoms with Gasteiger partial charge in [-0.3, -0.25) is 4.79 Å². The van der Waals surface area contributed by atoms with E-state index in [2.05, 4.69) is 27.4 Å². The Kier molecular flexibility index (Phi) is 3.60. The van der Waals surface area contributed by atoms with Crippen molar-refractivity contribution in [3.8, 4) is 0 Å². The van der Waals surface area contributed by atoms with Gasteiger partial charge in [-0.25, -0.2) is 0 Å². The maximum Gasteiger partial charge on any atom is 0.133 e. The number of hydrogen-bond acceptors (Lipinski definition) is 1. The van der Waals surface area contributed by atoms with Crippen LogP contribution in [0.4, 0.5) is 0 Å². The molecule has 0 radical (unpaired) electrons. The van der Waals surface area contributed by atoms with Crippen LogP contribution in [0.15, 0.2) is 12.2 Å². The minimum Gasteiger partial charge on any atom is -0.300 e. The SMILES string of the molecule is C=C(C)[C@H]1CCC2C3CC[C@H]4CC(=O)CCC4(C)C3CC[C@@]21C. The normalized spacial score (nSPS) is 52.5. The van der Waals surface area contributed by atoms with Gasteiger partial charge in [-0.1, -0.05) is 26.0 Å². The molecule has 0 saturated heterocycles. The zero-order valence-corrected chi connectivity index (χ0v) is 15.4. The predicted molar refractivity (Wildman–Crippen MR) is 95.0 cm³/mol. The van der Waals surface area contributed by atoms with E-state index in [9.17, 15) is 4.79 Å². The van der Waals surface area contributed by atoms with Gasteiger partial charge >= 0.3 is 0 Å². The lowest BCUT2D eigenvalue weighted by atomic mass is 9.44. The molecule has 4 aliphatic carbocycles. The molecule has 128 valence electrons. The number of rotatable bonds is 1. The zero-order chi connectivity index (χ0) is 16.4. The lowest BCUT2D eigenvalue weighted by molar-refractivity contribution is -0.139. The summed E-state index contributed by atoms with van der Waals surface area (Å²) in [6.45, 7) is 11.7. The Balaban J connectivity index is 1.63. The van der Waals surface area contributed by atoms with Crippen molar-refractivity contribution in [1.82, 2.24) is 0 Å². The largest absolute Gasteiger partial charge is 0.300 e. The second-order valence-electron chi connectivity index (χ2n) is 9.92. The molecule has 0 N–H and O–H groups in total. The summed E-state index contributed by atoms with van der Waals surface area (Å²) in [5.74, 6) is 4.71. The van der Waals surface area contributed by atoms with Crippen molar-refractivity contribution in [2.75, 3.05) is 0 Å². The molecule has 0 bridgehead atoms. The third kappa shape index (κ3) is 2.14. The molecule has 0 aromatic carbocycles. The molecule has 23 heavy (non-hydrogen) atoms. The first-order valence-electron chi connectivity index (χ1n) is 10.0. The Morgan fingerprint density at radius 2 is 1.74 bits per heavy atom. The van der Waals surface area contributed by atoms with E-state index in [1.54, 1.807) is 0 Å². The lowest BCUT2D eigenvalue weighted by Gasteiger charge is -2.60. The van der Waals surface area contributed by atoms with Gasteiger partial charge < -0.3 is 0 Å². The van der Waals surface area contributed by atoms with Gasteiger partial charge in [-0.05, 0) is 92.3 Å². The number of Topliss-reactive ketones (excluding diaryl/α,β-unsaturated/α-hetero) is 1. The molecular weight excluding hydrogens is 280 g/mol. The van der Waals surface area contributed by atoms with Crippen molar-refractivity contribution in [1.29, 1.82) is 0 Å². The van der Waals surface area contributed by atoms with Crippen LogP contribution in [0.2, 0.25) is 0 Å². The van der Waals surface area contributed by atoms with Crippen LogP contribution in [0.5, 0.6) is 0 Å². The molecule has 4 fully saturated rings. The summed E-state index contributed by atoms with van der Waals surface area (Å²) in [6.07, 6.45) is 11.2. The molecule has 4 aliphatic rings. The summed E-state index contributed by atoms with van der Waals surface area (Å²) in [7, 11) is 0. The Morgan fingerprint density at radius 1 is 1.00 bits per heavy atom. The average Bonchev–Trinajstić information content (AvgIpc) is 2.85. The van der Waals surface area contributed by atoms with E-state index >= 15 is 0 Å². The Labute approximate surface area is 142 Å². The predicted octanol–water partition coefficient (Wildman–Crippen LogP) is 5.79. The van der Waals surface area contributed by atoms with Crippen LogP contribution >= 0.6 is 0 Å². The number of ketones is 1. The first-order valence-corrected chi connectivity index (χ1v) is 10.0. The van der Waals surface area contributed by atoms with Gasteiger partial charge in [0.1, 0.15) is 5.78 Å². The highest BCUT2D eigenvalue weighted by Gasteiger charge is 2.60. The van der Waals surface area contributed by atoms with Crippen LogP contribution in [0.25, 0.3) is 0 Å². The number of carbonyl (C=O) groups excluding carboxylic acids is 1. The van der Waals surface area contributed by atoms with Crippen molar-refractivity contribution in [2.45, 2.75) is 78.6 Å². The number of allylic oxidation sites excluding steroid dienone is 1. The molecule has 0 aromatic rings. The van der Waals surface area contributed by atoms with Crippen LogP contribution in [0.1, 0.15) is 78.6 Å². The molecule has 0 heterocycles. The van der Waals surface area contributed by atoms with Gasteiger partial charge in [-0.2, -0.15) is 0 Å². The smallest absolute Gasteiger partial charge is 0.133 e. The highest BCUT2D eigenvalue weighted by atomic mass is 16.1. The van der Waals surface area contributed by atoms with Crippen molar-refractivity contribution in [3.05, 3.63) is 12.2 Å². The molecular formula is C22H34O. The highest BCUT2D eigenvalue weighted by molar-refractivity contribution is 5.79. The van der Waals surface area contributed by atoms with E-state index < -0.39 is 0 Å². The van der Waals surface area contributed by atoms with E-state index in [1.807, 2.05) is 0 Å². The van der Waals surface area contributed by atoms with Gasteiger partial charge in [0.2, 0.25) is 0 Å². The molecule has 4 rings (SSSR count). The zero-order valence-electron chi connectivity index (χ0n) is 15.4. The van der Waals surface area contributed by atoms with E-state index in [-0.39, 0.29) is 0 Å². The van der Waals surface area contributed by atoms with Crippen LogP contribution < -0.4 is 0 Å². The Morgan fingerprint density at radius 3 is 2.48 bits per heavy atom. The van der Waals surface area contributed by atoms with E-state index in [0.717, 1.165) is 36.5 Å². The molecule has 0 aromatic heterocycles. The monoisotopic (exact) mass is 314 g/mol. The molecule has 1 heteroatoms. The average molecular weight is 315 g/mol. The molecule has 0 aliphatic heterocycles. The molecule has 7 atom stereocenters. The third-order valence-corrected chi connectivity index (χ3v) is 9.08. The molecule has 0 amide bonds. The first kappa shape index (κ1) is 15.9. The van der Waals surface area contributed by atoms with Gasteiger partial charge in [0.05, 0.1) is 0 Å². The van der Waals surface area contributed by atoms with Crippen molar-refractivity contribution in [3.63, 3.8) is 0 Å². The van der Waals surface area contributed by atoms with Crippen molar-refractivity contribution < 1.29 is 4.79 Å². The quantitative estimate of drug-likeness (QED) is 0.560. The van der Waals surface area contributed by atoms with E-state index in [1.165, 1.54) is 50.5 Å². The highest BCUT2D eigenvalue weighted by Crippen LogP contribution is 2.67. The summed E-state index contributed by atoms with van der Waals surface area (Å²) in [5.41, 5.74) is 2.40. The summed E-state index contributed by atoms with van der Waals surface area (Å²) in [4.78, 5) is 12.0. The minimum atomic E-state index is 0.458. The second-order valence-corrected chi connectivity index (χ2v) is 9.92. The first-order chi connectivity index (χ1) is 10.9. The maximum atomic E-state index is 12.0. The van der Waals surface area contributed by atoms with E-state index in [0.29, 0.717) is 22.5 Å². The van der Waals surface area contributed by atoms with Crippen LogP contribution in [0.3, 0.4) is 0 Å². The summed E-state index contributed by atoms with van der Waals surface area (Å²) < 4.78 is 0. The summed E-state index contributed by atoms with van der Waals surface area (Å²) >= 11 is 0. The van der Waals surface area contributed by atoms with Crippen molar-refractivity contribution >= 4 is 5.78 Å². The van der Waals surface area contributed by atoms with Gasteiger partial charge in [0, 0.05) is 12.8 Å². The molecule has 1 nitrogen and oxygen atoms in total. The van der Waals surface area contributed by atoms with Crippen LogP contribution in [0, 0.1) is 40.4 Å². The van der Waals surface area contributed by atoms with E-state index in [4.69, 9.17) is 0 Å². The number of carbonyl (C=O) groups is 1. The third-order valence-electron chi connectivity index (χ3n) is 9.08. The summed E-state index contributed by atoms with van der Waals surface area (Å²) in [5, 5.41) is 0. The molecule has 4 unspecified atom stereocenters. The van der Waals surface area contributed by atoms with Gasteiger partial charge in [-0.15, -0.1) is 0 Å². The fraction of sp³-hybridized carbons (Fsp3) is 0.864. The van der Waals surface area contributed by atoms with Crippen LogP contribution in [-0.4, -0.2) is 5.78 Å². The second kappa shape index (κ2) is 5.20. The van der Waals surface area contributed by atoms with Crippen LogP contribution in [-0.2, 0) is 4.79 Å². The Bertz CT molecular complexity index is 534. The number of hydrogen-bond donors (Lipinski definition) is 0. The fourth-order valence-electron chi connectivity index (χ4n) is 7.85. The van der Waals surface area contributed by atoms with Gasteiger partial charge in [0.15, 0.2) is 0 Å². The van der Waals surface area contributed by atoms with Gasteiger partial charge in [0.25, 0.3) is 0 Å².